The van der Waals surface area contributed by atoms with E-state index in [9.17, 15) is 22.4 Å². The standard InChI is InChI=1S/C19H19FN2O5S/c1-12(18(23)21-14-8-9-14)27-19(24)16-4-2-3-5-17(16)22-28(25,26)15-10-6-13(20)7-11-15/h2-7,10-12,14,22H,8-9H2,1H3,(H,21,23)/t12-/m1/s1. The fourth-order valence-corrected chi connectivity index (χ4v) is 3.47. The smallest absolute Gasteiger partial charge is 0.341 e. The van der Waals surface area contributed by atoms with Gasteiger partial charge in [-0.3, -0.25) is 9.52 Å². The number of ether oxygens (including phenoxy) is 1. The maximum Gasteiger partial charge on any atom is 0.341 e. The summed E-state index contributed by atoms with van der Waals surface area (Å²) in [7, 11) is -4.04. The number of carbonyl (C=O) groups is 2. The lowest BCUT2D eigenvalue weighted by Gasteiger charge is -2.15. The molecule has 0 heterocycles. The van der Waals surface area contributed by atoms with E-state index in [4.69, 9.17) is 4.74 Å². The molecule has 9 heteroatoms. The van der Waals surface area contributed by atoms with Crippen LogP contribution in [0.3, 0.4) is 0 Å². The first-order valence-electron chi connectivity index (χ1n) is 8.65. The molecular weight excluding hydrogens is 387 g/mol. The van der Waals surface area contributed by atoms with E-state index in [0.717, 1.165) is 37.1 Å². The Balaban J connectivity index is 1.75. The number of halogens is 1. The SMILES string of the molecule is C[C@@H](OC(=O)c1ccccc1NS(=O)(=O)c1ccc(F)cc1)C(=O)NC1CC1. The summed E-state index contributed by atoms with van der Waals surface area (Å²) in [4.78, 5) is 24.3. The lowest BCUT2D eigenvalue weighted by atomic mass is 10.2. The molecule has 1 amide bonds. The molecule has 1 atom stereocenters. The summed E-state index contributed by atoms with van der Waals surface area (Å²) in [5.74, 6) is -1.81. The Kier molecular flexibility index (Phi) is 5.64. The van der Waals surface area contributed by atoms with Crippen LogP contribution in [0.2, 0.25) is 0 Å². The van der Waals surface area contributed by atoms with E-state index < -0.39 is 33.8 Å². The van der Waals surface area contributed by atoms with Crippen molar-refractivity contribution in [3.8, 4) is 0 Å². The van der Waals surface area contributed by atoms with E-state index in [-0.39, 0.29) is 22.2 Å². The number of sulfonamides is 1. The van der Waals surface area contributed by atoms with E-state index >= 15 is 0 Å². The number of benzene rings is 2. The average Bonchev–Trinajstić information content (AvgIpc) is 3.46. The molecule has 0 unspecified atom stereocenters. The van der Waals surface area contributed by atoms with Crippen LogP contribution in [-0.4, -0.2) is 32.4 Å². The minimum absolute atomic E-state index is 0.00775. The molecule has 1 fully saturated rings. The molecular formula is C19H19FN2O5S. The molecule has 0 saturated heterocycles. The van der Waals surface area contributed by atoms with Gasteiger partial charge in [0.2, 0.25) is 0 Å². The molecule has 0 radical (unpaired) electrons. The summed E-state index contributed by atoms with van der Waals surface area (Å²) in [5, 5.41) is 2.73. The van der Waals surface area contributed by atoms with Crippen LogP contribution in [0.4, 0.5) is 10.1 Å². The van der Waals surface area contributed by atoms with Gasteiger partial charge >= 0.3 is 5.97 Å². The van der Waals surface area contributed by atoms with Gasteiger partial charge in [-0.2, -0.15) is 0 Å². The molecule has 1 saturated carbocycles. The van der Waals surface area contributed by atoms with E-state index in [1.807, 2.05) is 0 Å². The van der Waals surface area contributed by atoms with Crippen molar-refractivity contribution in [3.63, 3.8) is 0 Å². The molecule has 148 valence electrons. The number of rotatable bonds is 7. The van der Waals surface area contributed by atoms with Crippen molar-refractivity contribution < 1.29 is 27.1 Å². The van der Waals surface area contributed by atoms with E-state index in [1.54, 1.807) is 12.1 Å². The number of hydrogen-bond acceptors (Lipinski definition) is 5. The molecule has 28 heavy (non-hydrogen) atoms. The Hall–Kier alpha value is -2.94. The van der Waals surface area contributed by atoms with Crippen molar-refractivity contribution in [3.05, 3.63) is 59.9 Å². The number of esters is 1. The Morgan fingerprint density at radius 3 is 2.39 bits per heavy atom. The predicted octanol–water partition coefficient (Wildman–Crippen LogP) is 2.45. The van der Waals surface area contributed by atoms with Crippen LogP contribution in [0.5, 0.6) is 0 Å². The quantitative estimate of drug-likeness (QED) is 0.688. The first-order chi connectivity index (χ1) is 13.3. The maximum atomic E-state index is 13.0. The molecule has 0 spiro atoms. The molecule has 0 aromatic heterocycles. The summed E-state index contributed by atoms with van der Waals surface area (Å²) in [5.41, 5.74) is -0.0501. The van der Waals surface area contributed by atoms with Crippen LogP contribution in [0.25, 0.3) is 0 Å². The van der Waals surface area contributed by atoms with Crippen molar-refractivity contribution in [1.82, 2.24) is 5.32 Å². The number of para-hydroxylation sites is 1. The summed E-state index contributed by atoms with van der Waals surface area (Å²) < 4.78 is 45.5. The highest BCUT2D eigenvalue weighted by atomic mass is 32.2. The zero-order valence-corrected chi connectivity index (χ0v) is 15.8. The van der Waals surface area contributed by atoms with Gasteiger partial charge < -0.3 is 10.1 Å². The third kappa shape index (κ3) is 4.86. The van der Waals surface area contributed by atoms with Crippen LogP contribution >= 0.6 is 0 Å². The van der Waals surface area contributed by atoms with E-state index in [1.165, 1.54) is 19.1 Å². The van der Waals surface area contributed by atoms with E-state index in [0.29, 0.717) is 0 Å². The first kappa shape index (κ1) is 19.8. The molecule has 1 aliphatic rings. The fourth-order valence-electron chi connectivity index (χ4n) is 2.39. The Labute approximate surface area is 161 Å². The van der Waals surface area contributed by atoms with Crippen molar-refractivity contribution in [2.75, 3.05) is 4.72 Å². The predicted molar refractivity (Wildman–Crippen MR) is 99.7 cm³/mol. The van der Waals surface area contributed by atoms with Gasteiger partial charge in [0.15, 0.2) is 6.10 Å². The monoisotopic (exact) mass is 406 g/mol. The van der Waals surface area contributed by atoms with Crippen molar-refractivity contribution in [2.45, 2.75) is 36.8 Å². The zero-order chi connectivity index (χ0) is 20.3. The number of nitrogens with one attached hydrogen (secondary N) is 2. The molecule has 7 nitrogen and oxygen atoms in total. The van der Waals surface area contributed by atoms with Gasteiger partial charge in [-0.05, 0) is 56.2 Å². The van der Waals surface area contributed by atoms with Gasteiger partial charge in [0.25, 0.3) is 15.9 Å². The highest BCUT2D eigenvalue weighted by Gasteiger charge is 2.28. The normalized spacial score (nSPS) is 14.8. The summed E-state index contributed by atoms with van der Waals surface area (Å²) in [6, 6.07) is 10.3. The topological polar surface area (TPSA) is 102 Å². The largest absolute Gasteiger partial charge is 0.449 e. The number of carbonyl (C=O) groups excluding carboxylic acids is 2. The lowest BCUT2D eigenvalue weighted by Crippen LogP contribution is -2.37. The third-order valence-corrected chi connectivity index (χ3v) is 5.47. The highest BCUT2D eigenvalue weighted by molar-refractivity contribution is 7.92. The van der Waals surface area contributed by atoms with Crippen molar-refractivity contribution in [2.24, 2.45) is 0 Å². The highest BCUT2D eigenvalue weighted by Crippen LogP contribution is 2.22. The Morgan fingerprint density at radius 2 is 1.75 bits per heavy atom. The Bertz CT molecular complexity index is 988. The minimum atomic E-state index is -4.04. The van der Waals surface area contributed by atoms with Crippen molar-refractivity contribution >= 4 is 27.6 Å². The second-order valence-electron chi connectivity index (χ2n) is 6.44. The number of amides is 1. The second kappa shape index (κ2) is 7.97. The minimum Gasteiger partial charge on any atom is -0.449 e. The van der Waals surface area contributed by atoms with Crippen LogP contribution in [-0.2, 0) is 19.6 Å². The average molecular weight is 406 g/mol. The van der Waals surface area contributed by atoms with Gasteiger partial charge in [0, 0.05) is 6.04 Å². The summed E-state index contributed by atoms with van der Waals surface area (Å²) >= 11 is 0. The van der Waals surface area contributed by atoms with Gasteiger partial charge in [0.1, 0.15) is 5.82 Å². The van der Waals surface area contributed by atoms with E-state index in [2.05, 4.69) is 10.0 Å². The van der Waals surface area contributed by atoms with Gasteiger partial charge in [0.05, 0.1) is 16.1 Å². The molecule has 2 aromatic rings. The molecule has 0 bridgehead atoms. The molecule has 0 aliphatic heterocycles. The second-order valence-corrected chi connectivity index (χ2v) is 8.12. The molecule has 3 rings (SSSR count). The Morgan fingerprint density at radius 1 is 1.11 bits per heavy atom. The van der Waals surface area contributed by atoms with Crippen LogP contribution in [0.1, 0.15) is 30.1 Å². The molecule has 1 aliphatic carbocycles. The summed E-state index contributed by atoms with van der Waals surface area (Å²) in [6.07, 6.45) is 0.788. The van der Waals surface area contributed by atoms with Crippen LogP contribution in [0, 0.1) is 5.82 Å². The van der Waals surface area contributed by atoms with Gasteiger partial charge in [-0.15, -0.1) is 0 Å². The fraction of sp³-hybridized carbons (Fsp3) is 0.263. The summed E-state index contributed by atoms with van der Waals surface area (Å²) in [6.45, 7) is 1.45. The zero-order valence-electron chi connectivity index (χ0n) is 15.0. The van der Waals surface area contributed by atoms with Gasteiger partial charge in [-0.1, -0.05) is 12.1 Å². The third-order valence-electron chi connectivity index (χ3n) is 4.09. The van der Waals surface area contributed by atoms with Crippen LogP contribution < -0.4 is 10.0 Å². The molecule has 2 aromatic carbocycles. The molecule has 2 N–H and O–H groups in total. The number of anilines is 1. The van der Waals surface area contributed by atoms with Gasteiger partial charge in [-0.25, -0.2) is 17.6 Å². The number of hydrogen-bond donors (Lipinski definition) is 2. The lowest BCUT2D eigenvalue weighted by molar-refractivity contribution is -0.129. The van der Waals surface area contributed by atoms with Crippen LogP contribution in [0.15, 0.2) is 53.4 Å². The van der Waals surface area contributed by atoms with Crippen molar-refractivity contribution in [1.29, 1.82) is 0 Å². The first-order valence-corrected chi connectivity index (χ1v) is 10.1. The maximum absolute atomic E-state index is 13.0.